The molecule has 2 aromatic carbocycles. The van der Waals surface area contributed by atoms with E-state index in [0.717, 1.165) is 6.07 Å². The highest BCUT2D eigenvalue weighted by atomic mass is 35.5. The van der Waals surface area contributed by atoms with Crippen molar-refractivity contribution >= 4 is 40.9 Å². The third-order valence-corrected chi connectivity index (χ3v) is 5.68. The monoisotopic (exact) mass is 397 g/mol. The van der Waals surface area contributed by atoms with Crippen LogP contribution in [0, 0.1) is 17.6 Å². The summed E-state index contributed by atoms with van der Waals surface area (Å²) in [5.41, 5.74) is 0.562. The van der Waals surface area contributed by atoms with Crippen molar-refractivity contribution in [2.75, 3.05) is 5.32 Å². The number of carbonyl (C=O) groups excluding carboxylic acids is 1. The van der Waals surface area contributed by atoms with Crippen molar-refractivity contribution in [1.29, 1.82) is 0 Å². The number of nitrogens with one attached hydrogen (secondary N) is 1. The molecule has 8 heteroatoms. The maximum Gasteiger partial charge on any atom is 0.306 e. The molecule has 1 aliphatic carbocycles. The predicted octanol–water partition coefficient (Wildman–Crippen LogP) is 4.83. The van der Waals surface area contributed by atoms with Gasteiger partial charge < -0.3 is 10.4 Å². The number of benzene rings is 2. The van der Waals surface area contributed by atoms with E-state index in [1.165, 1.54) is 42.1 Å². The number of hydrogen-bond acceptors (Lipinski definition) is 3. The van der Waals surface area contributed by atoms with Crippen LogP contribution in [-0.2, 0) is 4.79 Å². The number of aliphatic carboxylic acids is 1. The first-order valence-corrected chi connectivity index (χ1v) is 9.04. The highest BCUT2D eigenvalue weighted by molar-refractivity contribution is 8.00. The van der Waals surface area contributed by atoms with Crippen molar-refractivity contribution in [1.82, 2.24) is 0 Å². The third-order valence-electron chi connectivity index (χ3n) is 4.11. The van der Waals surface area contributed by atoms with E-state index in [4.69, 9.17) is 16.7 Å². The van der Waals surface area contributed by atoms with Gasteiger partial charge in [0.05, 0.1) is 10.9 Å². The molecule has 0 aromatic heterocycles. The largest absolute Gasteiger partial charge is 0.481 e. The molecule has 1 fully saturated rings. The molecule has 26 heavy (non-hydrogen) atoms. The van der Waals surface area contributed by atoms with E-state index in [9.17, 15) is 18.4 Å². The Morgan fingerprint density at radius 1 is 1.12 bits per heavy atom. The molecule has 0 bridgehead atoms. The van der Waals surface area contributed by atoms with Crippen LogP contribution in [0.3, 0.4) is 0 Å². The van der Waals surface area contributed by atoms with Crippen LogP contribution in [0.1, 0.15) is 23.2 Å². The number of amides is 1. The highest BCUT2D eigenvalue weighted by Gasteiger charge is 2.35. The Morgan fingerprint density at radius 3 is 2.46 bits per heavy atom. The van der Waals surface area contributed by atoms with Crippen LogP contribution >= 0.6 is 23.4 Å². The number of thioether (sulfide) groups is 1. The Morgan fingerprint density at radius 2 is 1.81 bits per heavy atom. The first kappa shape index (κ1) is 18.7. The fourth-order valence-corrected chi connectivity index (χ4v) is 4.13. The minimum Gasteiger partial charge on any atom is -0.481 e. The molecule has 0 heterocycles. The molecule has 0 unspecified atom stereocenters. The zero-order valence-electron chi connectivity index (χ0n) is 13.3. The van der Waals surface area contributed by atoms with Gasteiger partial charge in [0, 0.05) is 21.4 Å². The molecule has 0 saturated heterocycles. The molecule has 3 rings (SSSR count). The number of carboxylic acid groups (broad SMARTS) is 1. The van der Waals surface area contributed by atoms with Crippen LogP contribution in [-0.4, -0.2) is 22.2 Å². The van der Waals surface area contributed by atoms with Gasteiger partial charge in [0.1, 0.15) is 11.6 Å². The summed E-state index contributed by atoms with van der Waals surface area (Å²) in [7, 11) is 0. The molecule has 1 amide bonds. The molecular weight excluding hydrogens is 384 g/mol. The molecule has 0 spiro atoms. The van der Waals surface area contributed by atoms with Crippen LogP contribution in [0.4, 0.5) is 14.5 Å². The highest BCUT2D eigenvalue weighted by Crippen LogP contribution is 2.41. The van der Waals surface area contributed by atoms with Crippen LogP contribution < -0.4 is 5.32 Å². The standard InChI is InChI=1S/C18H14ClF2NO3S/c19-13-8-11(2-4-14(13)20)22-17(23)9-1-3-15(21)16(7-9)26-12-5-10(6-12)18(24)25/h1-4,7-8,10,12H,5-6H2,(H,22,23)(H,24,25). The van der Waals surface area contributed by atoms with Gasteiger partial charge in [-0.15, -0.1) is 11.8 Å². The van der Waals surface area contributed by atoms with E-state index in [1.54, 1.807) is 0 Å². The fraction of sp³-hybridized carbons (Fsp3) is 0.222. The number of carbonyl (C=O) groups is 2. The van der Waals surface area contributed by atoms with Gasteiger partial charge in [0.15, 0.2) is 0 Å². The second-order valence-corrected chi connectivity index (χ2v) is 7.72. The first-order valence-electron chi connectivity index (χ1n) is 7.79. The summed E-state index contributed by atoms with van der Waals surface area (Å²) in [5.74, 6) is -2.76. The molecule has 0 aliphatic heterocycles. The summed E-state index contributed by atoms with van der Waals surface area (Å²) in [4.78, 5) is 23.5. The average Bonchev–Trinajstić information content (AvgIpc) is 2.55. The van der Waals surface area contributed by atoms with Crippen molar-refractivity contribution < 1.29 is 23.5 Å². The summed E-state index contributed by atoms with van der Waals surface area (Å²) in [6, 6.07) is 7.77. The van der Waals surface area contributed by atoms with Gasteiger partial charge in [-0.2, -0.15) is 0 Å². The number of carboxylic acids is 1. The Labute approximate surface area is 157 Å². The van der Waals surface area contributed by atoms with E-state index in [-0.39, 0.29) is 21.8 Å². The number of halogens is 3. The van der Waals surface area contributed by atoms with Gasteiger partial charge in [0.2, 0.25) is 0 Å². The molecular formula is C18H14ClF2NO3S. The molecule has 0 atom stereocenters. The summed E-state index contributed by atoms with van der Waals surface area (Å²) in [6.45, 7) is 0. The normalized spacial score (nSPS) is 18.9. The molecule has 1 saturated carbocycles. The molecule has 4 nitrogen and oxygen atoms in total. The second-order valence-electron chi connectivity index (χ2n) is 5.97. The number of rotatable bonds is 5. The van der Waals surface area contributed by atoms with Crippen molar-refractivity contribution in [3.63, 3.8) is 0 Å². The Hall–Kier alpha value is -2.12. The second kappa shape index (κ2) is 7.63. The van der Waals surface area contributed by atoms with E-state index in [1.807, 2.05) is 0 Å². The molecule has 1 aliphatic rings. The average molecular weight is 398 g/mol. The summed E-state index contributed by atoms with van der Waals surface area (Å²) in [6.07, 6.45) is 0.952. The lowest BCUT2D eigenvalue weighted by atomic mass is 9.85. The topological polar surface area (TPSA) is 66.4 Å². The zero-order chi connectivity index (χ0) is 18.8. The predicted molar refractivity (Wildman–Crippen MR) is 95.8 cm³/mol. The van der Waals surface area contributed by atoms with Gasteiger partial charge in [0.25, 0.3) is 5.91 Å². The van der Waals surface area contributed by atoms with E-state index in [0.29, 0.717) is 23.4 Å². The van der Waals surface area contributed by atoms with Crippen LogP contribution in [0.5, 0.6) is 0 Å². The fourth-order valence-electron chi connectivity index (χ4n) is 2.56. The van der Waals surface area contributed by atoms with Crippen molar-refractivity contribution in [2.24, 2.45) is 5.92 Å². The number of hydrogen-bond donors (Lipinski definition) is 2. The Kier molecular flexibility index (Phi) is 5.48. The van der Waals surface area contributed by atoms with Gasteiger partial charge in [-0.05, 0) is 49.2 Å². The van der Waals surface area contributed by atoms with Gasteiger partial charge >= 0.3 is 5.97 Å². The lowest BCUT2D eigenvalue weighted by Crippen LogP contribution is -2.32. The molecule has 2 N–H and O–H groups in total. The van der Waals surface area contributed by atoms with Crippen molar-refractivity contribution in [3.05, 3.63) is 58.6 Å². The Bertz CT molecular complexity index is 872. The first-order chi connectivity index (χ1) is 12.3. The van der Waals surface area contributed by atoms with E-state index in [2.05, 4.69) is 5.32 Å². The van der Waals surface area contributed by atoms with Gasteiger partial charge in [-0.3, -0.25) is 9.59 Å². The van der Waals surface area contributed by atoms with Crippen LogP contribution in [0.15, 0.2) is 41.3 Å². The summed E-state index contributed by atoms with van der Waals surface area (Å²) < 4.78 is 27.2. The van der Waals surface area contributed by atoms with Gasteiger partial charge in [-0.25, -0.2) is 8.78 Å². The zero-order valence-corrected chi connectivity index (χ0v) is 14.9. The molecule has 2 aromatic rings. The minimum atomic E-state index is -0.839. The third kappa shape index (κ3) is 4.16. The lowest BCUT2D eigenvalue weighted by molar-refractivity contribution is -0.144. The minimum absolute atomic E-state index is 0.0137. The maximum absolute atomic E-state index is 14.0. The van der Waals surface area contributed by atoms with Gasteiger partial charge in [-0.1, -0.05) is 11.6 Å². The van der Waals surface area contributed by atoms with E-state index >= 15 is 0 Å². The number of anilines is 1. The van der Waals surface area contributed by atoms with Crippen LogP contribution in [0.25, 0.3) is 0 Å². The van der Waals surface area contributed by atoms with Crippen molar-refractivity contribution in [2.45, 2.75) is 23.0 Å². The molecule has 0 radical (unpaired) electrons. The Balaban J connectivity index is 1.69. The lowest BCUT2D eigenvalue weighted by Gasteiger charge is -2.31. The SMILES string of the molecule is O=C(Nc1ccc(F)c(Cl)c1)c1ccc(F)c(SC2CC(C(=O)O)C2)c1. The maximum atomic E-state index is 14.0. The smallest absolute Gasteiger partial charge is 0.306 e. The molecule has 136 valence electrons. The summed E-state index contributed by atoms with van der Waals surface area (Å²) in [5, 5.41) is 11.4. The quantitative estimate of drug-likeness (QED) is 0.758. The van der Waals surface area contributed by atoms with E-state index < -0.39 is 23.5 Å². The van der Waals surface area contributed by atoms with Crippen molar-refractivity contribution in [3.8, 4) is 0 Å². The van der Waals surface area contributed by atoms with Crippen LogP contribution in [0.2, 0.25) is 5.02 Å². The summed E-state index contributed by atoms with van der Waals surface area (Å²) >= 11 is 6.91.